The lowest BCUT2D eigenvalue weighted by atomic mass is 10.0. The number of hydrogen-bond acceptors (Lipinski definition) is 3. The average Bonchev–Trinajstić information content (AvgIpc) is 3.00. The first-order chi connectivity index (χ1) is 11.4. The van der Waals surface area contributed by atoms with Crippen molar-refractivity contribution in [2.75, 3.05) is 12.4 Å². The lowest BCUT2D eigenvalue weighted by Crippen LogP contribution is -2.21. The number of hydrogen-bond donors (Lipinski definition) is 0. The van der Waals surface area contributed by atoms with Gasteiger partial charge in [0.2, 0.25) is 0 Å². The Kier molecular flexibility index (Phi) is 4.72. The Balaban J connectivity index is 1.61. The second-order valence-corrected chi connectivity index (χ2v) is 7.45. The third-order valence-corrected chi connectivity index (χ3v) is 5.86. The van der Waals surface area contributed by atoms with E-state index >= 15 is 0 Å². The molecule has 2 heterocycles. The molecule has 1 aliphatic carbocycles. The number of rotatable bonds is 4. The highest BCUT2D eigenvalue weighted by molar-refractivity contribution is 7.99. The Morgan fingerprint density at radius 1 is 1.09 bits per heavy atom. The summed E-state index contributed by atoms with van der Waals surface area (Å²) >= 11 is 1.87. The Hall–Kier alpha value is -1.26. The largest absolute Gasteiger partial charge is 0.377 e. The van der Waals surface area contributed by atoms with Gasteiger partial charge in [0.1, 0.15) is 0 Å². The van der Waals surface area contributed by atoms with Crippen LogP contribution in [0.2, 0.25) is 0 Å². The molecule has 0 radical (unpaired) electrons. The van der Waals surface area contributed by atoms with Gasteiger partial charge in [0, 0.05) is 23.7 Å². The van der Waals surface area contributed by atoms with E-state index in [0.29, 0.717) is 6.10 Å². The van der Waals surface area contributed by atoms with Crippen LogP contribution in [0.4, 0.5) is 0 Å². The Morgan fingerprint density at radius 3 is 2.78 bits per heavy atom. The summed E-state index contributed by atoms with van der Waals surface area (Å²) < 4.78 is 8.28. The Morgan fingerprint density at radius 2 is 1.96 bits per heavy atom. The van der Waals surface area contributed by atoms with Gasteiger partial charge < -0.3 is 4.74 Å². The minimum absolute atomic E-state index is 0.395. The summed E-state index contributed by atoms with van der Waals surface area (Å²) in [5, 5.41) is 1.15. The summed E-state index contributed by atoms with van der Waals surface area (Å²) in [4.78, 5) is 4.98. The molecular formula is C19H24N2OS. The van der Waals surface area contributed by atoms with Crippen LogP contribution >= 0.6 is 11.8 Å². The Labute approximate surface area is 142 Å². The number of aryl methyl sites for hydroxylation is 1. The number of imidazole rings is 1. The lowest BCUT2D eigenvalue weighted by Gasteiger charge is -2.22. The predicted molar refractivity (Wildman–Crippen MR) is 94.5 cm³/mol. The number of nitrogens with zero attached hydrogens (tertiary/aromatic N) is 2. The highest BCUT2D eigenvalue weighted by Crippen LogP contribution is 2.31. The fraction of sp³-hybridized carbons (Fsp3) is 0.526. The standard InChI is InChI=1S/C19H24N2OS/c1-2-8-15(9-3-1)21-18-12-5-4-11-17(18)20-19(21)23-14-16-10-6-7-13-22-16/h1-3,8-9,16H,4-7,10-14H2. The van der Waals surface area contributed by atoms with Crippen molar-refractivity contribution in [1.29, 1.82) is 0 Å². The normalized spacial score (nSPS) is 21.1. The number of aromatic nitrogens is 2. The minimum Gasteiger partial charge on any atom is -0.377 e. The van der Waals surface area contributed by atoms with Crippen molar-refractivity contribution in [3.05, 3.63) is 41.7 Å². The van der Waals surface area contributed by atoms with E-state index in [4.69, 9.17) is 9.72 Å². The van der Waals surface area contributed by atoms with Gasteiger partial charge in [-0.15, -0.1) is 0 Å². The summed E-state index contributed by atoms with van der Waals surface area (Å²) in [6.45, 7) is 0.925. The molecule has 1 aromatic carbocycles. The topological polar surface area (TPSA) is 27.1 Å². The van der Waals surface area contributed by atoms with Crippen molar-refractivity contribution in [3.63, 3.8) is 0 Å². The maximum atomic E-state index is 5.89. The molecule has 0 N–H and O–H groups in total. The second kappa shape index (κ2) is 7.10. The molecule has 0 amide bonds. The van der Waals surface area contributed by atoms with E-state index in [0.717, 1.165) is 30.4 Å². The molecule has 1 aromatic heterocycles. The summed E-state index contributed by atoms with van der Waals surface area (Å²) in [5.41, 5.74) is 3.98. The lowest BCUT2D eigenvalue weighted by molar-refractivity contribution is 0.0315. The van der Waals surface area contributed by atoms with E-state index in [1.54, 1.807) is 0 Å². The van der Waals surface area contributed by atoms with Gasteiger partial charge in [-0.2, -0.15) is 0 Å². The summed E-state index contributed by atoms with van der Waals surface area (Å²) in [7, 11) is 0. The fourth-order valence-electron chi connectivity index (χ4n) is 3.56. The molecule has 1 fully saturated rings. The minimum atomic E-state index is 0.395. The van der Waals surface area contributed by atoms with Crippen LogP contribution in [0.5, 0.6) is 0 Å². The zero-order valence-electron chi connectivity index (χ0n) is 13.5. The van der Waals surface area contributed by atoms with Crippen LogP contribution in [0.1, 0.15) is 43.5 Å². The number of fused-ring (bicyclic) bond motifs is 1. The van der Waals surface area contributed by atoms with Crippen LogP contribution in [0.15, 0.2) is 35.5 Å². The third-order valence-electron chi connectivity index (χ3n) is 4.79. The maximum absolute atomic E-state index is 5.89. The molecular weight excluding hydrogens is 304 g/mol. The monoisotopic (exact) mass is 328 g/mol. The molecule has 0 saturated carbocycles. The van der Waals surface area contributed by atoms with Gasteiger partial charge in [0.25, 0.3) is 0 Å². The predicted octanol–water partition coefficient (Wildman–Crippen LogP) is 4.41. The summed E-state index contributed by atoms with van der Waals surface area (Å²) in [6.07, 6.45) is 8.93. The number of benzene rings is 1. The molecule has 2 aliphatic rings. The van der Waals surface area contributed by atoms with Crippen molar-refractivity contribution in [3.8, 4) is 5.69 Å². The van der Waals surface area contributed by atoms with Gasteiger partial charge in [0.05, 0.1) is 11.8 Å². The number of thioether (sulfide) groups is 1. The second-order valence-electron chi connectivity index (χ2n) is 6.47. The van der Waals surface area contributed by atoms with Crippen LogP contribution in [0, 0.1) is 0 Å². The van der Waals surface area contributed by atoms with E-state index in [2.05, 4.69) is 34.9 Å². The smallest absolute Gasteiger partial charge is 0.173 e. The van der Waals surface area contributed by atoms with E-state index in [-0.39, 0.29) is 0 Å². The van der Waals surface area contributed by atoms with Crippen LogP contribution in [0.3, 0.4) is 0 Å². The highest BCUT2D eigenvalue weighted by Gasteiger charge is 2.22. The third kappa shape index (κ3) is 3.33. The van der Waals surface area contributed by atoms with Crippen molar-refractivity contribution in [2.45, 2.75) is 56.2 Å². The molecule has 23 heavy (non-hydrogen) atoms. The van der Waals surface area contributed by atoms with Crippen LogP contribution < -0.4 is 0 Å². The zero-order valence-corrected chi connectivity index (χ0v) is 14.4. The molecule has 122 valence electrons. The molecule has 1 atom stereocenters. The molecule has 1 saturated heterocycles. The van der Waals surface area contributed by atoms with Crippen molar-refractivity contribution >= 4 is 11.8 Å². The van der Waals surface area contributed by atoms with Gasteiger partial charge in [-0.05, 0) is 57.1 Å². The highest BCUT2D eigenvalue weighted by atomic mass is 32.2. The van der Waals surface area contributed by atoms with Crippen LogP contribution in [-0.4, -0.2) is 28.0 Å². The summed E-state index contributed by atoms with van der Waals surface area (Å²) in [6, 6.07) is 10.7. The van der Waals surface area contributed by atoms with Gasteiger partial charge in [-0.25, -0.2) is 4.98 Å². The number of ether oxygens (including phenoxy) is 1. The van der Waals surface area contributed by atoms with E-state index < -0.39 is 0 Å². The molecule has 1 unspecified atom stereocenters. The zero-order chi connectivity index (χ0) is 15.5. The first-order valence-electron chi connectivity index (χ1n) is 8.82. The van der Waals surface area contributed by atoms with E-state index in [1.807, 2.05) is 11.8 Å². The van der Waals surface area contributed by atoms with E-state index in [9.17, 15) is 0 Å². The summed E-state index contributed by atoms with van der Waals surface area (Å²) in [5.74, 6) is 1.02. The molecule has 3 nitrogen and oxygen atoms in total. The van der Waals surface area contributed by atoms with Crippen molar-refractivity contribution in [2.24, 2.45) is 0 Å². The SMILES string of the molecule is c1ccc(-n2c(SCC3CCCCO3)nc3c2CCCC3)cc1. The first-order valence-corrected chi connectivity index (χ1v) is 9.81. The molecule has 0 bridgehead atoms. The van der Waals surface area contributed by atoms with Crippen LogP contribution in [0.25, 0.3) is 5.69 Å². The van der Waals surface area contributed by atoms with Gasteiger partial charge in [0.15, 0.2) is 5.16 Å². The molecule has 4 heteroatoms. The first kappa shape index (κ1) is 15.3. The quantitative estimate of drug-likeness (QED) is 0.778. The molecule has 1 aliphatic heterocycles. The molecule has 4 rings (SSSR count). The number of para-hydroxylation sites is 1. The van der Waals surface area contributed by atoms with Gasteiger partial charge in [-0.1, -0.05) is 30.0 Å². The fourth-order valence-corrected chi connectivity index (χ4v) is 4.68. The van der Waals surface area contributed by atoms with Crippen LogP contribution in [-0.2, 0) is 17.6 Å². The molecule has 2 aromatic rings. The van der Waals surface area contributed by atoms with Crippen molar-refractivity contribution in [1.82, 2.24) is 9.55 Å². The average molecular weight is 328 g/mol. The van der Waals surface area contributed by atoms with E-state index in [1.165, 1.54) is 49.2 Å². The maximum Gasteiger partial charge on any atom is 0.173 e. The molecule has 0 spiro atoms. The van der Waals surface area contributed by atoms with Crippen molar-refractivity contribution < 1.29 is 4.74 Å². The van der Waals surface area contributed by atoms with Gasteiger partial charge in [-0.3, -0.25) is 4.57 Å². The van der Waals surface area contributed by atoms with Gasteiger partial charge >= 0.3 is 0 Å². The Bertz CT molecular complexity index is 647.